The van der Waals surface area contributed by atoms with E-state index in [-0.39, 0.29) is 11.7 Å². The van der Waals surface area contributed by atoms with Crippen LogP contribution in [0.3, 0.4) is 0 Å². The van der Waals surface area contributed by atoms with Crippen LogP contribution in [0.4, 0.5) is 10.1 Å². The lowest BCUT2D eigenvalue weighted by atomic mass is 10.1. The lowest BCUT2D eigenvalue weighted by Gasteiger charge is -2.08. The molecule has 0 aliphatic heterocycles. The molecule has 0 spiro atoms. The summed E-state index contributed by atoms with van der Waals surface area (Å²) in [6, 6.07) is 9.74. The van der Waals surface area contributed by atoms with Crippen molar-refractivity contribution in [3.05, 3.63) is 61.4 Å². The number of hydrogen-bond donors (Lipinski definition) is 1. The van der Waals surface area contributed by atoms with Gasteiger partial charge in [-0.25, -0.2) is 4.39 Å². The van der Waals surface area contributed by atoms with Gasteiger partial charge in [0.2, 0.25) is 0 Å². The highest BCUT2D eigenvalue weighted by atomic mass is 127. The molecular weight excluding hydrogens is 424 g/mol. The highest BCUT2D eigenvalue weighted by Gasteiger charge is 2.10. The normalized spacial score (nSPS) is 10.3. The molecule has 0 unspecified atom stereocenters. The van der Waals surface area contributed by atoms with Gasteiger partial charge in [-0.1, -0.05) is 15.9 Å². The van der Waals surface area contributed by atoms with Crippen LogP contribution >= 0.6 is 38.5 Å². The number of amides is 1. The third-order valence-electron chi connectivity index (χ3n) is 2.48. The van der Waals surface area contributed by atoms with E-state index in [0.29, 0.717) is 14.8 Å². The molecule has 19 heavy (non-hydrogen) atoms. The van der Waals surface area contributed by atoms with Gasteiger partial charge in [-0.2, -0.15) is 0 Å². The first kappa shape index (κ1) is 14.5. The van der Waals surface area contributed by atoms with Gasteiger partial charge in [-0.3, -0.25) is 4.79 Å². The van der Waals surface area contributed by atoms with Crippen LogP contribution in [-0.4, -0.2) is 5.91 Å². The molecule has 1 amide bonds. The summed E-state index contributed by atoms with van der Waals surface area (Å²) in [6.45, 7) is 1.92. The third kappa shape index (κ3) is 3.76. The van der Waals surface area contributed by atoms with Gasteiger partial charge in [0.05, 0.1) is 5.69 Å². The van der Waals surface area contributed by atoms with Gasteiger partial charge in [-0.05, 0) is 71.5 Å². The van der Waals surface area contributed by atoms with E-state index >= 15 is 0 Å². The van der Waals surface area contributed by atoms with Crippen LogP contribution in [0.5, 0.6) is 0 Å². The zero-order valence-corrected chi connectivity index (χ0v) is 13.7. The first-order chi connectivity index (χ1) is 8.95. The summed E-state index contributed by atoms with van der Waals surface area (Å²) in [6.07, 6.45) is 0. The van der Waals surface area contributed by atoms with Crippen LogP contribution in [0.15, 0.2) is 40.9 Å². The van der Waals surface area contributed by atoms with E-state index in [4.69, 9.17) is 0 Å². The van der Waals surface area contributed by atoms with Crippen molar-refractivity contribution in [2.24, 2.45) is 0 Å². The number of nitrogens with one attached hydrogen (secondary N) is 1. The van der Waals surface area contributed by atoms with E-state index in [9.17, 15) is 9.18 Å². The van der Waals surface area contributed by atoms with Gasteiger partial charge in [0.15, 0.2) is 0 Å². The van der Waals surface area contributed by atoms with E-state index in [2.05, 4.69) is 21.2 Å². The monoisotopic (exact) mass is 433 g/mol. The first-order valence-electron chi connectivity index (χ1n) is 5.49. The Balaban J connectivity index is 2.25. The molecule has 0 radical (unpaired) electrons. The van der Waals surface area contributed by atoms with Crippen molar-refractivity contribution in [1.29, 1.82) is 0 Å². The molecule has 0 atom stereocenters. The van der Waals surface area contributed by atoms with Crippen molar-refractivity contribution in [1.82, 2.24) is 0 Å². The predicted octanol–water partition coefficient (Wildman–Crippen LogP) is 4.75. The van der Waals surface area contributed by atoms with Crippen LogP contribution in [-0.2, 0) is 0 Å². The van der Waals surface area contributed by atoms with Crippen molar-refractivity contribution in [3.63, 3.8) is 0 Å². The molecular formula is C14H10BrFINO. The molecule has 2 nitrogen and oxygen atoms in total. The molecule has 0 saturated heterocycles. The second kappa shape index (κ2) is 6.00. The number of hydrogen-bond acceptors (Lipinski definition) is 1. The molecule has 0 bridgehead atoms. The molecule has 2 rings (SSSR count). The number of anilines is 1. The Morgan fingerprint density at radius 3 is 2.63 bits per heavy atom. The number of benzene rings is 2. The summed E-state index contributed by atoms with van der Waals surface area (Å²) < 4.78 is 14.5. The quantitative estimate of drug-likeness (QED) is 0.680. The molecule has 0 saturated carbocycles. The molecule has 0 heterocycles. The number of carbonyl (C=O) groups is 1. The molecule has 2 aromatic rings. The van der Waals surface area contributed by atoms with Crippen molar-refractivity contribution in [2.75, 3.05) is 5.32 Å². The Morgan fingerprint density at radius 2 is 2.00 bits per heavy atom. The minimum Gasteiger partial charge on any atom is -0.321 e. The molecule has 98 valence electrons. The number of aryl methyl sites for hydroxylation is 1. The number of halogens is 3. The van der Waals surface area contributed by atoms with E-state index in [1.807, 2.05) is 35.6 Å². The van der Waals surface area contributed by atoms with Crippen molar-refractivity contribution in [3.8, 4) is 0 Å². The summed E-state index contributed by atoms with van der Waals surface area (Å²) in [5.41, 5.74) is 2.16. The number of carbonyl (C=O) groups excluding carboxylic acids is 1. The van der Waals surface area contributed by atoms with E-state index in [1.165, 1.54) is 12.1 Å². The lowest BCUT2D eigenvalue weighted by Crippen LogP contribution is -2.13. The maximum atomic E-state index is 13.0. The summed E-state index contributed by atoms with van der Waals surface area (Å²) in [5, 5.41) is 2.77. The van der Waals surface area contributed by atoms with E-state index in [1.54, 1.807) is 18.2 Å². The van der Waals surface area contributed by atoms with Crippen molar-refractivity contribution < 1.29 is 9.18 Å². The molecule has 1 N–H and O–H groups in total. The third-order valence-corrected chi connectivity index (χ3v) is 3.83. The maximum absolute atomic E-state index is 13.0. The summed E-state index contributed by atoms with van der Waals surface area (Å²) in [4.78, 5) is 12.1. The second-order valence-corrected chi connectivity index (χ2v) is 6.17. The molecule has 0 aliphatic rings. The van der Waals surface area contributed by atoms with Crippen LogP contribution in [0.1, 0.15) is 15.9 Å². The van der Waals surface area contributed by atoms with Crippen LogP contribution in [0.25, 0.3) is 0 Å². The Kier molecular flexibility index (Phi) is 4.57. The highest BCUT2D eigenvalue weighted by molar-refractivity contribution is 14.1. The molecule has 0 aliphatic carbocycles. The average molecular weight is 434 g/mol. The Morgan fingerprint density at radius 1 is 1.26 bits per heavy atom. The van der Waals surface area contributed by atoms with Crippen molar-refractivity contribution in [2.45, 2.75) is 6.92 Å². The van der Waals surface area contributed by atoms with Crippen LogP contribution in [0, 0.1) is 16.3 Å². The number of rotatable bonds is 2. The van der Waals surface area contributed by atoms with Gasteiger partial charge >= 0.3 is 0 Å². The standard InChI is InChI=1S/C14H10BrFINO/c1-8-4-9(6-10(15)5-8)14(19)18-13-3-2-11(16)7-12(13)17/h2-7H,1H3,(H,18,19). The van der Waals surface area contributed by atoms with E-state index in [0.717, 1.165) is 10.0 Å². The Labute approximate surface area is 132 Å². The summed E-state index contributed by atoms with van der Waals surface area (Å²) >= 11 is 5.35. The summed E-state index contributed by atoms with van der Waals surface area (Å²) in [5.74, 6) is -0.533. The van der Waals surface area contributed by atoms with Gasteiger partial charge in [0.25, 0.3) is 5.91 Å². The van der Waals surface area contributed by atoms with E-state index < -0.39 is 0 Å². The minimum absolute atomic E-state index is 0.214. The SMILES string of the molecule is Cc1cc(Br)cc(C(=O)Nc2ccc(F)cc2I)c1. The highest BCUT2D eigenvalue weighted by Crippen LogP contribution is 2.21. The largest absolute Gasteiger partial charge is 0.321 e. The average Bonchev–Trinajstić information content (AvgIpc) is 2.31. The van der Waals surface area contributed by atoms with Crippen LogP contribution in [0.2, 0.25) is 0 Å². The summed E-state index contributed by atoms with van der Waals surface area (Å²) in [7, 11) is 0. The topological polar surface area (TPSA) is 29.1 Å². The minimum atomic E-state index is -0.319. The first-order valence-corrected chi connectivity index (χ1v) is 7.36. The maximum Gasteiger partial charge on any atom is 0.255 e. The zero-order chi connectivity index (χ0) is 14.0. The van der Waals surface area contributed by atoms with Gasteiger partial charge < -0.3 is 5.32 Å². The van der Waals surface area contributed by atoms with Gasteiger partial charge in [0.1, 0.15) is 5.82 Å². The smallest absolute Gasteiger partial charge is 0.255 e. The fraction of sp³-hybridized carbons (Fsp3) is 0.0714. The fourth-order valence-electron chi connectivity index (χ4n) is 1.65. The molecule has 0 aromatic heterocycles. The fourth-order valence-corrected chi connectivity index (χ4v) is 2.87. The Bertz CT molecular complexity index is 625. The van der Waals surface area contributed by atoms with Gasteiger partial charge in [0, 0.05) is 13.6 Å². The van der Waals surface area contributed by atoms with Crippen molar-refractivity contribution >= 4 is 50.1 Å². The zero-order valence-electron chi connectivity index (χ0n) is 10.0. The van der Waals surface area contributed by atoms with Gasteiger partial charge in [-0.15, -0.1) is 0 Å². The molecule has 0 fully saturated rings. The van der Waals surface area contributed by atoms with Crippen LogP contribution < -0.4 is 5.32 Å². The Hall–Kier alpha value is -0.950. The second-order valence-electron chi connectivity index (χ2n) is 4.10. The molecule has 5 heteroatoms. The predicted molar refractivity (Wildman–Crippen MR) is 85.9 cm³/mol. The lowest BCUT2D eigenvalue weighted by molar-refractivity contribution is 0.102. The molecule has 2 aromatic carbocycles.